The van der Waals surface area contributed by atoms with Crippen LogP contribution in [0.15, 0.2) is 52.4 Å². The highest BCUT2D eigenvalue weighted by molar-refractivity contribution is 7.99. The molecular weight excluding hydrogens is 383 g/mol. The highest BCUT2D eigenvalue weighted by Gasteiger charge is 2.13. The predicted octanol–water partition coefficient (Wildman–Crippen LogP) is 4.73. The lowest BCUT2D eigenvalue weighted by Gasteiger charge is -2.06. The predicted molar refractivity (Wildman–Crippen MR) is 109 cm³/mol. The number of hydrogen-bond acceptors (Lipinski definition) is 4. The second-order valence-corrected chi connectivity index (χ2v) is 8.89. The molecule has 1 amide bonds. The zero-order valence-corrected chi connectivity index (χ0v) is 17.1. The quantitative estimate of drug-likeness (QED) is 0.558. The van der Waals surface area contributed by atoms with E-state index in [1.165, 1.54) is 17.4 Å². The van der Waals surface area contributed by atoms with Crippen LogP contribution in [0.4, 0.5) is 4.39 Å². The van der Waals surface area contributed by atoms with Crippen molar-refractivity contribution in [2.24, 2.45) is 4.99 Å². The second kappa shape index (κ2) is 8.82. The molecule has 0 bridgehead atoms. The van der Waals surface area contributed by atoms with Gasteiger partial charge >= 0.3 is 0 Å². The van der Waals surface area contributed by atoms with Crippen LogP contribution in [0.3, 0.4) is 0 Å². The van der Waals surface area contributed by atoms with E-state index in [0.717, 1.165) is 9.60 Å². The molecule has 0 unspecified atom stereocenters. The highest BCUT2D eigenvalue weighted by atomic mass is 32.2. The fourth-order valence-corrected chi connectivity index (χ4v) is 4.65. The Morgan fingerprint density at radius 1 is 1.30 bits per heavy atom. The fourth-order valence-electron chi connectivity index (χ4n) is 2.69. The number of ether oxygens (including phenoxy) is 1. The minimum Gasteiger partial charge on any atom is -0.383 e. The largest absolute Gasteiger partial charge is 0.383 e. The molecule has 0 aliphatic rings. The first kappa shape index (κ1) is 19.8. The first-order chi connectivity index (χ1) is 13.0. The minimum absolute atomic E-state index is 0.330. The molecule has 27 heavy (non-hydrogen) atoms. The van der Waals surface area contributed by atoms with E-state index in [1.54, 1.807) is 35.6 Å². The molecular formula is C20H21FN2O2S2. The van der Waals surface area contributed by atoms with Crippen molar-refractivity contribution in [3.8, 4) is 0 Å². The van der Waals surface area contributed by atoms with E-state index < -0.39 is 0 Å². The number of carbonyl (C=O) groups excluding carboxylic acids is 1. The van der Waals surface area contributed by atoms with Crippen LogP contribution >= 0.6 is 23.1 Å². The monoisotopic (exact) mass is 404 g/mol. The van der Waals surface area contributed by atoms with Gasteiger partial charge < -0.3 is 9.30 Å². The smallest absolute Gasteiger partial charge is 0.279 e. The van der Waals surface area contributed by atoms with Gasteiger partial charge in [0.25, 0.3) is 5.91 Å². The number of fused-ring (bicyclic) bond motifs is 1. The number of nitrogens with zero attached hydrogens (tertiary/aromatic N) is 2. The number of benzene rings is 2. The van der Waals surface area contributed by atoms with Crippen LogP contribution in [0.25, 0.3) is 10.2 Å². The number of halogens is 1. The molecule has 142 valence electrons. The molecule has 3 rings (SSSR count). The Balaban J connectivity index is 2.04. The van der Waals surface area contributed by atoms with E-state index in [-0.39, 0.29) is 11.7 Å². The molecule has 1 heterocycles. The van der Waals surface area contributed by atoms with Crippen LogP contribution in [0.2, 0.25) is 0 Å². The van der Waals surface area contributed by atoms with E-state index in [1.807, 2.05) is 24.3 Å². The average molecular weight is 405 g/mol. The zero-order chi connectivity index (χ0) is 19.4. The standard InChI is InChI=1S/C20H21FN2O2S2/c1-13(2)26-15-7-4-6-14(12-15)19(24)22-20-23(10-11-25-3)18-16(21)8-5-9-17(18)27-20/h4-9,12-13H,10-11H2,1-3H3. The number of methoxy groups -OCH3 is 1. The van der Waals surface area contributed by atoms with Crippen LogP contribution in [-0.2, 0) is 11.3 Å². The van der Waals surface area contributed by atoms with Gasteiger partial charge in [-0.15, -0.1) is 11.8 Å². The Labute approximate surface area is 165 Å². The van der Waals surface area contributed by atoms with Crippen molar-refractivity contribution in [3.05, 3.63) is 58.6 Å². The zero-order valence-electron chi connectivity index (χ0n) is 15.4. The molecule has 7 heteroatoms. The van der Waals surface area contributed by atoms with Crippen LogP contribution in [-0.4, -0.2) is 29.4 Å². The summed E-state index contributed by atoms with van der Waals surface area (Å²) in [7, 11) is 1.59. The maximum atomic E-state index is 14.3. The van der Waals surface area contributed by atoms with Gasteiger partial charge in [0.1, 0.15) is 5.82 Å². The first-order valence-corrected chi connectivity index (χ1v) is 10.3. The lowest BCUT2D eigenvalue weighted by molar-refractivity contribution is 0.0997. The number of thiazole rings is 1. The van der Waals surface area contributed by atoms with Crippen molar-refractivity contribution >= 4 is 39.2 Å². The summed E-state index contributed by atoms with van der Waals surface area (Å²) in [6.45, 7) is 5.04. The highest BCUT2D eigenvalue weighted by Crippen LogP contribution is 2.24. The number of para-hydroxylation sites is 1. The SMILES string of the molecule is COCCn1c(=NC(=O)c2cccc(SC(C)C)c2)sc2cccc(F)c21. The average Bonchev–Trinajstić information content (AvgIpc) is 2.98. The molecule has 0 N–H and O–H groups in total. The van der Waals surface area contributed by atoms with Crippen molar-refractivity contribution < 1.29 is 13.9 Å². The Morgan fingerprint density at radius 2 is 2.07 bits per heavy atom. The Hall–Kier alpha value is -1.96. The third kappa shape index (κ3) is 4.66. The number of rotatable bonds is 6. The van der Waals surface area contributed by atoms with E-state index in [0.29, 0.717) is 34.3 Å². The van der Waals surface area contributed by atoms with E-state index >= 15 is 0 Å². The van der Waals surface area contributed by atoms with Crippen LogP contribution in [0.1, 0.15) is 24.2 Å². The summed E-state index contributed by atoms with van der Waals surface area (Å²) in [5.74, 6) is -0.663. The van der Waals surface area contributed by atoms with E-state index in [2.05, 4.69) is 18.8 Å². The van der Waals surface area contributed by atoms with E-state index in [9.17, 15) is 9.18 Å². The minimum atomic E-state index is -0.334. The summed E-state index contributed by atoms with van der Waals surface area (Å²) in [6, 6.07) is 12.3. The van der Waals surface area contributed by atoms with Crippen molar-refractivity contribution in [1.82, 2.24) is 4.57 Å². The van der Waals surface area contributed by atoms with Gasteiger partial charge in [0.15, 0.2) is 4.80 Å². The second-order valence-electron chi connectivity index (χ2n) is 6.23. The number of thioether (sulfide) groups is 1. The number of amides is 1. The van der Waals surface area contributed by atoms with Crippen LogP contribution < -0.4 is 4.80 Å². The normalized spacial score (nSPS) is 12.3. The summed E-state index contributed by atoms with van der Waals surface area (Å²) < 4.78 is 21.9. The van der Waals surface area contributed by atoms with Gasteiger partial charge in [0.2, 0.25) is 0 Å². The van der Waals surface area contributed by atoms with Crippen LogP contribution in [0, 0.1) is 5.82 Å². The summed E-state index contributed by atoms with van der Waals surface area (Å²) in [5.41, 5.74) is 0.979. The molecule has 0 radical (unpaired) electrons. The van der Waals surface area contributed by atoms with Gasteiger partial charge in [0.05, 0.1) is 16.8 Å². The molecule has 0 aliphatic carbocycles. The lowest BCUT2D eigenvalue weighted by Crippen LogP contribution is -2.19. The van der Waals surface area contributed by atoms with Gasteiger partial charge in [-0.1, -0.05) is 37.3 Å². The summed E-state index contributed by atoms with van der Waals surface area (Å²) in [5, 5.41) is 0.425. The first-order valence-electron chi connectivity index (χ1n) is 8.62. The maximum absolute atomic E-state index is 14.3. The Kier molecular flexibility index (Phi) is 6.46. The molecule has 0 saturated heterocycles. The molecule has 1 aromatic heterocycles. The molecule has 0 fully saturated rings. The molecule has 4 nitrogen and oxygen atoms in total. The third-order valence-electron chi connectivity index (χ3n) is 3.82. The lowest BCUT2D eigenvalue weighted by atomic mass is 10.2. The van der Waals surface area contributed by atoms with Gasteiger partial charge in [-0.3, -0.25) is 4.79 Å². The number of carbonyl (C=O) groups is 1. The van der Waals surface area contributed by atoms with Crippen molar-refractivity contribution in [2.75, 3.05) is 13.7 Å². The summed E-state index contributed by atoms with van der Waals surface area (Å²) >= 11 is 2.99. The van der Waals surface area contributed by atoms with Gasteiger partial charge in [-0.05, 0) is 30.3 Å². The Morgan fingerprint density at radius 3 is 2.81 bits per heavy atom. The van der Waals surface area contributed by atoms with Crippen LogP contribution in [0.5, 0.6) is 0 Å². The fraction of sp³-hybridized carbons (Fsp3) is 0.300. The van der Waals surface area contributed by atoms with Crippen molar-refractivity contribution in [3.63, 3.8) is 0 Å². The summed E-state index contributed by atoms with van der Waals surface area (Å²) in [6.07, 6.45) is 0. The molecule has 0 aliphatic heterocycles. The number of aromatic nitrogens is 1. The number of hydrogen-bond donors (Lipinski definition) is 0. The van der Waals surface area contributed by atoms with Gasteiger partial charge in [-0.2, -0.15) is 4.99 Å². The van der Waals surface area contributed by atoms with Crippen molar-refractivity contribution in [1.29, 1.82) is 0 Å². The molecule has 3 aromatic rings. The topological polar surface area (TPSA) is 43.6 Å². The van der Waals surface area contributed by atoms with Crippen molar-refractivity contribution in [2.45, 2.75) is 30.5 Å². The van der Waals surface area contributed by atoms with Gasteiger partial charge in [-0.25, -0.2) is 4.39 Å². The molecule has 0 spiro atoms. The molecule has 0 saturated carbocycles. The molecule has 2 aromatic carbocycles. The van der Waals surface area contributed by atoms with Gasteiger partial charge in [0, 0.05) is 29.4 Å². The molecule has 0 atom stereocenters. The van der Waals surface area contributed by atoms with E-state index in [4.69, 9.17) is 4.74 Å². The summed E-state index contributed by atoms with van der Waals surface area (Å²) in [4.78, 5) is 18.5. The maximum Gasteiger partial charge on any atom is 0.279 e. The Bertz CT molecular complexity index is 1020. The third-order valence-corrected chi connectivity index (χ3v) is 5.86.